The summed E-state index contributed by atoms with van der Waals surface area (Å²) >= 11 is 0. The van der Waals surface area contributed by atoms with Gasteiger partial charge in [0.2, 0.25) is 0 Å². The molecule has 1 heterocycles. The molecule has 0 atom stereocenters. The van der Waals surface area contributed by atoms with Gasteiger partial charge < -0.3 is 19.6 Å². The number of aliphatic hydroxyl groups is 1. The van der Waals surface area contributed by atoms with E-state index in [9.17, 15) is 0 Å². The summed E-state index contributed by atoms with van der Waals surface area (Å²) in [6.45, 7) is 2.14. The van der Waals surface area contributed by atoms with E-state index in [2.05, 4.69) is 4.98 Å². The Labute approximate surface area is 132 Å². The van der Waals surface area contributed by atoms with E-state index in [1.54, 1.807) is 7.11 Å². The van der Waals surface area contributed by atoms with E-state index in [1.165, 1.54) is 38.5 Å². The Kier molecular flexibility index (Phi) is 9.00. The third-order valence-corrected chi connectivity index (χ3v) is 3.84. The molecule has 1 aromatic heterocycles. The van der Waals surface area contributed by atoms with Gasteiger partial charge in [-0.05, 0) is 30.2 Å². The van der Waals surface area contributed by atoms with Crippen LogP contribution in [0.15, 0.2) is 24.4 Å². The molecule has 2 N–H and O–H groups in total. The van der Waals surface area contributed by atoms with E-state index in [0.29, 0.717) is 6.42 Å². The van der Waals surface area contributed by atoms with Gasteiger partial charge in [0.25, 0.3) is 0 Å². The van der Waals surface area contributed by atoms with Crippen molar-refractivity contribution in [1.29, 1.82) is 0 Å². The number of aliphatic hydroxyl groups excluding tert-OH is 1. The van der Waals surface area contributed by atoms with E-state index in [1.807, 2.05) is 31.2 Å². The molecule has 0 aliphatic heterocycles. The number of methoxy groups -OCH3 is 1. The molecule has 1 saturated carbocycles. The number of H-pyrrole nitrogens is 1. The maximum Gasteiger partial charge on any atom is 0.122 e. The van der Waals surface area contributed by atoms with Crippen molar-refractivity contribution < 1.29 is 14.6 Å². The maximum absolute atomic E-state index is 8.90. The molecule has 0 saturated heterocycles. The van der Waals surface area contributed by atoms with Gasteiger partial charge in [0, 0.05) is 23.7 Å². The lowest BCUT2D eigenvalue weighted by Crippen LogP contribution is -1.95. The second kappa shape index (κ2) is 10.9. The first-order valence-corrected chi connectivity index (χ1v) is 7.89. The zero-order chi connectivity index (χ0) is 16.2. The van der Waals surface area contributed by atoms with Crippen LogP contribution in [-0.4, -0.2) is 30.6 Å². The molecule has 4 heteroatoms. The lowest BCUT2D eigenvalue weighted by atomic mass is 10.0. The van der Waals surface area contributed by atoms with Crippen LogP contribution >= 0.6 is 0 Å². The van der Waals surface area contributed by atoms with Crippen LogP contribution in [0, 0.1) is 0 Å². The Balaban J connectivity index is 0.000000253. The highest BCUT2D eigenvalue weighted by atomic mass is 16.5. The van der Waals surface area contributed by atoms with Gasteiger partial charge in [-0.15, -0.1) is 0 Å². The van der Waals surface area contributed by atoms with Crippen molar-refractivity contribution in [3.05, 3.63) is 30.0 Å². The molecule has 122 valence electrons. The Morgan fingerprint density at radius 3 is 2.23 bits per heavy atom. The molecular weight excluding hydrogens is 278 g/mol. The zero-order valence-corrected chi connectivity index (χ0v) is 13.4. The minimum absolute atomic E-state index is 0.141. The number of aromatic amines is 1. The second-order valence-corrected chi connectivity index (χ2v) is 5.32. The Bertz CT molecular complexity index is 521. The molecule has 2 aromatic rings. The average Bonchev–Trinajstić information content (AvgIpc) is 3.05. The topological polar surface area (TPSA) is 62.3 Å². The van der Waals surface area contributed by atoms with Gasteiger partial charge in [0.1, 0.15) is 12.5 Å². The number of fused-ring (bicyclic) bond motifs is 1. The molecule has 1 aliphatic carbocycles. The number of benzene rings is 1. The number of nitrogens with one attached hydrogen (secondary N) is 1. The summed E-state index contributed by atoms with van der Waals surface area (Å²) in [5, 5.41) is 10.0. The van der Waals surface area contributed by atoms with Crippen LogP contribution in [0.3, 0.4) is 0 Å². The summed E-state index contributed by atoms with van der Waals surface area (Å²) in [7, 11) is 1.65. The first kappa shape index (κ1) is 18.2. The number of hydrogen-bond donors (Lipinski definition) is 2. The Morgan fingerprint density at radius 1 is 1.14 bits per heavy atom. The summed E-state index contributed by atoms with van der Waals surface area (Å²) in [6.07, 6.45) is 11.5. The van der Waals surface area contributed by atoms with Crippen LogP contribution in [0.1, 0.15) is 44.1 Å². The molecule has 0 bridgehead atoms. The third-order valence-electron chi connectivity index (χ3n) is 3.84. The first-order chi connectivity index (χ1) is 10.8. The van der Waals surface area contributed by atoms with Gasteiger partial charge >= 0.3 is 0 Å². The van der Waals surface area contributed by atoms with Crippen LogP contribution in [0.2, 0.25) is 0 Å². The highest BCUT2D eigenvalue weighted by molar-refractivity contribution is 5.82. The van der Waals surface area contributed by atoms with Gasteiger partial charge in [0.05, 0.1) is 7.11 Å². The van der Waals surface area contributed by atoms with Crippen molar-refractivity contribution in [2.45, 2.75) is 44.9 Å². The van der Waals surface area contributed by atoms with Gasteiger partial charge in [-0.25, -0.2) is 0 Å². The fourth-order valence-electron chi connectivity index (χ4n) is 2.69. The van der Waals surface area contributed by atoms with Crippen molar-refractivity contribution in [3.63, 3.8) is 0 Å². The lowest BCUT2D eigenvalue weighted by molar-refractivity contribution is -0.0979. The zero-order valence-electron chi connectivity index (χ0n) is 13.4. The van der Waals surface area contributed by atoms with Crippen molar-refractivity contribution in [2.24, 2.45) is 0 Å². The highest BCUT2D eigenvalue weighted by Gasteiger charge is 2.05. The molecule has 1 fully saturated rings. The lowest BCUT2D eigenvalue weighted by Gasteiger charge is -2.07. The highest BCUT2D eigenvalue weighted by Crippen LogP contribution is 2.25. The van der Waals surface area contributed by atoms with Crippen LogP contribution in [0.5, 0.6) is 5.75 Å². The summed E-state index contributed by atoms with van der Waals surface area (Å²) in [4.78, 5) is 11.1. The van der Waals surface area contributed by atoms with E-state index < -0.39 is 0 Å². The number of carbonyl (C=O) groups excluding carboxylic acids is 1. The number of carbonyl (C=O) groups is 1. The minimum atomic E-state index is 0.141. The van der Waals surface area contributed by atoms with Crippen molar-refractivity contribution >= 4 is 17.7 Å². The van der Waals surface area contributed by atoms with Crippen LogP contribution in [0.4, 0.5) is 0 Å². The molecule has 0 radical (unpaired) electrons. The van der Waals surface area contributed by atoms with E-state index in [-0.39, 0.29) is 6.61 Å². The molecule has 0 unspecified atom stereocenters. The third kappa shape index (κ3) is 5.53. The average molecular weight is 305 g/mol. The molecule has 0 amide bonds. The molecule has 1 aromatic carbocycles. The van der Waals surface area contributed by atoms with Gasteiger partial charge in [-0.3, -0.25) is 0 Å². The summed E-state index contributed by atoms with van der Waals surface area (Å²) < 4.78 is 5.25. The van der Waals surface area contributed by atoms with Crippen molar-refractivity contribution in [1.82, 2.24) is 4.98 Å². The number of hydrogen-bond acceptors (Lipinski definition) is 3. The molecule has 22 heavy (non-hydrogen) atoms. The fourth-order valence-corrected chi connectivity index (χ4v) is 2.69. The second-order valence-electron chi connectivity index (χ2n) is 5.32. The van der Waals surface area contributed by atoms with E-state index in [0.717, 1.165) is 22.2 Å². The van der Waals surface area contributed by atoms with Gasteiger partial charge in [0.15, 0.2) is 0 Å². The number of aromatic nitrogens is 1. The Hall–Kier alpha value is -1.81. The minimum Gasteiger partial charge on any atom is -0.496 e. The molecule has 4 nitrogen and oxygen atoms in total. The standard InChI is InChI=1S/C11H13NO2.C6H12.CH2O/c1-14-11-7-8-2-4-12-10(8)6-9(11)3-5-13;1-2-4-6-5-3-1;1-2/h2,4,6-7,12-13H,3,5H2,1H3;1-6H2;1H2. The predicted molar refractivity (Wildman–Crippen MR) is 90.5 cm³/mol. The summed E-state index contributed by atoms with van der Waals surface area (Å²) in [5.74, 6) is 0.839. The first-order valence-electron chi connectivity index (χ1n) is 7.89. The smallest absolute Gasteiger partial charge is 0.122 e. The fraction of sp³-hybridized carbons (Fsp3) is 0.500. The van der Waals surface area contributed by atoms with Crippen LogP contribution in [0.25, 0.3) is 10.9 Å². The molecule has 0 spiro atoms. The summed E-state index contributed by atoms with van der Waals surface area (Å²) in [6, 6.07) is 6.00. The van der Waals surface area contributed by atoms with Gasteiger partial charge in [-0.1, -0.05) is 38.5 Å². The summed E-state index contributed by atoms with van der Waals surface area (Å²) in [5.41, 5.74) is 2.11. The number of ether oxygens (including phenoxy) is 1. The van der Waals surface area contributed by atoms with Crippen LogP contribution < -0.4 is 4.74 Å². The Morgan fingerprint density at radius 2 is 1.73 bits per heavy atom. The largest absolute Gasteiger partial charge is 0.496 e. The van der Waals surface area contributed by atoms with Gasteiger partial charge in [-0.2, -0.15) is 0 Å². The maximum atomic E-state index is 8.90. The van der Waals surface area contributed by atoms with E-state index >= 15 is 0 Å². The quantitative estimate of drug-likeness (QED) is 0.905. The predicted octanol–water partition coefficient (Wildman–Crippen LogP) is 3.87. The molecule has 3 rings (SSSR count). The normalized spacial score (nSPS) is 13.5. The number of rotatable bonds is 3. The van der Waals surface area contributed by atoms with E-state index in [4.69, 9.17) is 14.6 Å². The van der Waals surface area contributed by atoms with Crippen molar-refractivity contribution in [3.8, 4) is 5.75 Å². The molecular formula is C18H27NO3. The monoisotopic (exact) mass is 305 g/mol. The molecule has 1 aliphatic rings. The van der Waals surface area contributed by atoms with Crippen molar-refractivity contribution in [2.75, 3.05) is 13.7 Å². The SMILES string of the molecule is C1CCCCC1.C=O.COc1cc2cc[nH]c2cc1CCO. The van der Waals surface area contributed by atoms with Crippen LogP contribution in [-0.2, 0) is 11.2 Å².